The van der Waals surface area contributed by atoms with Crippen molar-refractivity contribution >= 4 is 0 Å². The molecule has 1 fully saturated rings. The van der Waals surface area contributed by atoms with Crippen LogP contribution in [0.25, 0.3) is 0 Å². The summed E-state index contributed by atoms with van der Waals surface area (Å²) in [5.74, 6) is 0. The molecule has 1 saturated carbocycles. The standard InChI is InChI=1S/C12H24O3/c1-4-12(2,3)15-14-10-13-11-8-6-5-7-9-11/h11H,4-10H2,1-3H3. The van der Waals surface area contributed by atoms with Crippen molar-refractivity contribution in [3.05, 3.63) is 0 Å². The molecule has 0 spiro atoms. The van der Waals surface area contributed by atoms with E-state index >= 15 is 0 Å². The lowest BCUT2D eigenvalue weighted by Crippen LogP contribution is -2.25. The summed E-state index contributed by atoms with van der Waals surface area (Å²) in [4.78, 5) is 10.3. The maximum Gasteiger partial charge on any atom is 0.181 e. The predicted molar refractivity (Wildman–Crippen MR) is 59.4 cm³/mol. The maximum atomic E-state index is 5.58. The molecule has 0 aromatic rings. The van der Waals surface area contributed by atoms with Crippen molar-refractivity contribution < 1.29 is 14.5 Å². The van der Waals surface area contributed by atoms with E-state index in [-0.39, 0.29) is 12.4 Å². The van der Waals surface area contributed by atoms with E-state index in [1.165, 1.54) is 32.1 Å². The molecule has 15 heavy (non-hydrogen) atoms. The highest BCUT2D eigenvalue weighted by Crippen LogP contribution is 2.20. The number of rotatable bonds is 6. The van der Waals surface area contributed by atoms with Gasteiger partial charge in [-0.25, -0.2) is 9.78 Å². The van der Waals surface area contributed by atoms with Crippen LogP contribution in [0.3, 0.4) is 0 Å². The van der Waals surface area contributed by atoms with E-state index in [0.717, 1.165) is 6.42 Å². The summed E-state index contributed by atoms with van der Waals surface area (Å²) < 4.78 is 5.58. The van der Waals surface area contributed by atoms with Crippen LogP contribution in [0.1, 0.15) is 59.3 Å². The Labute approximate surface area is 93.0 Å². The van der Waals surface area contributed by atoms with Gasteiger partial charge in [-0.1, -0.05) is 26.2 Å². The average molecular weight is 216 g/mol. The topological polar surface area (TPSA) is 27.7 Å². The molecule has 0 N–H and O–H groups in total. The summed E-state index contributed by atoms with van der Waals surface area (Å²) in [6.45, 7) is 6.35. The van der Waals surface area contributed by atoms with Crippen LogP contribution < -0.4 is 0 Å². The molecule has 0 aromatic carbocycles. The molecule has 3 nitrogen and oxygen atoms in total. The molecule has 1 aliphatic rings. The predicted octanol–water partition coefficient (Wildman–Crippen LogP) is 3.43. The van der Waals surface area contributed by atoms with Crippen molar-refractivity contribution in [2.75, 3.05) is 6.79 Å². The molecule has 0 radical (unpaired) electrons. The Bertz CT molecular complexity index is 162. The van der Waals surface area contributed by atoms with E-state index in [2.05, 4.69) is 6.92 Å². The van der Waals surface area contributed by atoms with E-state index in [4.69, 9.17) is 14.5 Å². The summed E-state index contributed by atoms with van der Waals surface area (Å²) in [5.41, 5.74) is -0.212. The van der Waals surface area contributed by atoms with Crippen molar-refractivity contribution in [2.45, 2.75) is 71.0 Å². The molecule has 0 amide bonds. The third-order valence-electron chi connectivity index (χ3n) is 3.04. The summed E-state index contributed by atoms with van der Waals surface area (Å²) in [6.07, 6.45) is 7.56. The van der Waals surface area contributed by atoms with Crippen LogP contribution in [0.5, 0.6) is 0 Å². The number of ether oxygens (including phenoxy) is 1. The lowest BCUT2D eigenvalue weighted by Gasteiger charge is -2.24. The van der Waals surface area contributed by atoms with E-state index < -0.39 is 0 Å². The highest BCUT2D eigenvalue weighted by atomic mass is 17.2. The fourth-order valence-corrected chi connectivity index (χ4v) is 1.60. The quantitative estimate of drug-likeness (QED) is 0.295. The first-order valence-corrected chi connectivity index (χ1v) is 6.06. The monoisotopic (exact) mass is 216 g/mol. The van der Waals surface area contributed by atoms with Gasteiger partial charge in [-0.2, -0.15) is 0 Å². The van der Waals surface area contributed by atoms with Crippen LogP contribution in [0.4, 0.5) is 0 Å². The minimum absolute atomic E-state index is 0.212. The first-order valence-electron chi connectivity index (χ1n) is 6.06. The van der Waals surface area contributed by atoms with Gasteiger partial charge in [0.1, 0.15) is 0 Å². The minimum Gasteiger partial charge on any atom is -0.349 e. The Kier molecular flexibility index (Phi) is 5.58. The zero-order chi connectivity index (χ0) is 11.1. The lowest BCUT2D eigenvalue weighted by atomic mass is 9.98. The van der Waals surface area contributed by atoms with E-state index in [0.29, 0.717) is 6.10 Å². The van der Waals surface area contributed by atoms with E-state index in [1.54, 1.807) is 0 Å². The van der Waals surface area contributed by atoms with Gasteiger partial charge in [0.15, 0.2) is 6.79 Å². The summed E-state index contributed by atoms with van der Waals surface area (Å²) in [6, 6.07) is 0. The maximum absolute atomic E-state index is 5.58. The van der Waals surface area contributed by atoms with Crippen LogP contribution in [0, 0.1) is 0 Å². The van der Waals surface area contributed by atoms with Crippen LogP contribution in [-0.2, 0) is 14.5 Å². The largest absolute Gasteiger partial charge is 0.349 e. The van der Waals surface area contributed by atoms with Crippen LogP contribution in [-0.4, -0.2) is 18.5 Å². The highest BCUT2D eigenvalue weighted by Gasteiger charge is 2.18. The average Bonchev–Trinajstić information content (AvgIpc) is 2.26. The molecule has 0 saturated heterocycles. The first-order chi connectivity index (χ1) is 7.14. The lowest BCUT2D eigenvalue weighted by molar-refractivity contribution is -0.389. The summed E-state index contributed by atoms with van der Waals surface area (Å²) >= 11 is 0. The van der Waals surface area contributed by atoms with Gasteiger partial charge in [-0.3, -0.25) is 0 Å². The second-order valence-corrected chi connectivity index (χ2v) is 4.86. The second-order valence-electron chi connectivity index (χ2n) is 4.86. The van der Waals surface area contributed by atoms with Gasteiger partial charge >= 0.3 is 0 Å². The van der Waals surface area contributed by atoms with Gasteiger partial charge in [0.05, 0.1) is 11.7 Å². The summed E-state index contributed by atoms with van der Waals surface area (Å²) in [5, 5.41) is 0. The fourth-order valence-electron chi connectivity index (χ4n) is 1.60. The van der Waals surface area contributed by atoms with E-state index in [1.807, 2.05) is 13.8 Å². The zero-order valence-corrected chi connectivity index (χ0v) is 10.3. The second kappa shape index (κ2) is 6.46. The molecular formula is C12H24O3. The first kappa shape index (κ1) is 12.9. The Morgan fingerprint density at radius 2 is 1.80 bits per heavy atom. The van der Waals surface area contributed by atoms with Gasteiger partial charge in [-0.15, -0.1) is 0 Å². The molecular weight excluding hydrogens is 192 g/mol. The molecule has 3 heteroatoms. The van der Waals surface area contributed by atoms with Gasteiger partial charge in [0.25, 0.3) is 0 Å². The fraction of sp³-hybridized carbons (Fsp3) is 1.00. The molecule has 0 atom stereocenters. The van der Waals surface area contributed by atoms with Gasteiger partial charge in [0, 0.05) is 0 Å². The Hall–Kier alpha value is -0.120. The number of hydrogen-bond donors (Lipinski definition) is 0. The normalized spacial score (nSPS) is 19.4. The molecule has 1 rings (SSSR count). The molecule has 90 valence electrons. The van der Waals surface area contributed by atoms with Gasteiger partial charge < -0.3 is 4.74 Å². The van der Waals surface area contributed by atoms with Crippen molar-refractivity contribution in [1.29, 1.82) is 0 Å². The van der Waals surface area contributed by atoms with Gasteiger partial charge in [0.2, 0.25) is 0 Å². The van der Waals surface area contributed by atoms with Crippen molar-refractivity contribution in [3.8, 4) is 0 Å². The third kappa shape index (κ3) is 5.50. The van der Waals surface area contributed by atoms with Gasteiger partial charge in [-0.05, 0) is 33.1 Å². The molecule has 0 aromatic heterocycles. The number of hydrogen-bond acceptors (Lipinski definition) is 3. The minimum atomic E-state index is -0.212. The van der Waals surface area contributed by atoms with Crippen LogP contribution in [0.2, 0.25) is 0 Å². The third-order valence-corrected chi connectivity index (χ3v) is 3.04. The zero-order valence-electron chi connectivity index (χ0n) is 10.3. The van der Waals surface area contributed by atoms with Crippen LogP contribution in [0.15, 0.2) is 0 Å². The van der Waals surface area contributed by atoms with Crippen molar-refractivity contribution in [2.24, 2.45) is 0 Å². The van der Waals surface area contributed by atoms with Crippen LogP contribution >= 0.6 is 0 Å². The molecule has 0 aliphatic heterocycles. The molecule has 0 bridgehead atoms. The SMILES string of the molecule is CCC(C)(C)OOCOC1CCCCC1. The summed E-state index contributed by atoms with van der Waals surface area (Å²) in [7, 11) is 0. The molecule has 1 aliphatic carbocycles. The molecule has 0 heterocycles. The van der Waals surface area contributed by atoms with Crippen molar-refractivity contribution in [3.63, 3.8) is 0 Å². The van der Waals surface area contributed by atoms with E-state index in [9.17, 15) is 0 Å². The van der Waals surface area contributed by atoms with Crippen molar-refractivity contribution in [1.82, 2.24) is 0 Å². The molecule has 0 unspecified atom stereocenters. The Morgan fingerprint density at radius 1 is 1.13 bits per heavy atom. The Balaban J connectivity index is 2.00. The smallest absolute Gasteiger partial charge is 0.181 e. The Morgan fingerprint density at radius 3 is 2.40 bits per heavy atom. The highest BCUT2D eigenvalue weighted by molar-refractivity contribution is 4.64.